The van der Waals surface area contributed by atoms with Crippen LogP contribution >= 0.6 is 0 Å². The molecule has 5 N–H and O–H groups in total. The van der Waals surface area contributed by atoms with Crippen LogP contribution in [0.5, 0.6) is 11.6 Å². The summed E-state index contributed by atoms with van der Waals surface area (Å²) in [7, 11) is 2.71. The molecule has 304 valence electrons. The second-order valence-electron chi connectivity index (χ2n) is 15.3. The van der Waals surface area contributed by atoms with Crippen LogP contribution in [0.1, 0.15) is 55.5 Å². The third kappa shape index (κ3) is 10.8. The average Bonchev–Trinajstić information content (AvgIpc) is 3.17. The molecule has 5 rings (SSSR count). The monoisotopic (exact) mass is 788 g/mol. The maximum absolute atomic E-state index is 15.1. The van der Waals surface area contributed by atoms with Crippen LogP contribution in [-0.4, -0.2) is 78.2 Å². The lowest BCUT2D eigenvalue weighted by Crippen LogP contribution is -2.57. The second-order valence-corrected chi connectivity index (χ2v) is 15.3. The lowest BCUT2D eigenvalue weighted by molar-refractivity contribution is -0.128. The number of aliphatic hydroxyl groups excluding tert-OH is 2. The molecule has 2 heterocycles. The molecule has 1 aliphatic rings. The van der Waals surface area contributed by atoms with Gasteiger partial charge in [0.2, 0.25) is 17.7 Å². The molecule has 0 bridgehead atoms. The number of halogens is 2. The van der Waals surface area contributed by atoms with E-state index < -0.39 is 71.2 Å². The van der Waals surface area contributed by atoms with Crippen molar-refractivity contribution in [2.45, 2.75) is 77.3 Å². The largest absolute Gasteiger partial charge is 0.490 e. The van der Waals surface area contributed by atoms with E-state index in [4.69, 9.17) is 14.2 Å². The summed E-state index contributed by atoms with van der Waals surface area (Å²) in [5.41, 5.74) is 2.58. The topological polar surface area (TPSA) is 168 Å². The lowest BCUT2D eigenvalue weighted by Gasteiger charge is -2.35. The third-order valence-electron chi connectivity index (χ3n) is 10.1. The standard InChI is InChI=1S/C43H50F2N4O8/c1-24-17-30(44)21-31-37(35(51)23-57-38(24)31)48-40(52)29(19-27-9-7-8-10-32(27)45)20-34(50)33(47-41(53)39(43(2,3)4)49-42(54)56-6)18-25-11-13-26(14-12-25)28-15-16-36(55-5)46-22-28/h7-17,21-22,29,33-35,37,39,50-51H,18-20,23H2,1-6H3,(H,47,53)(H,48,52)(H,49,54). The highest BCUT2D eigenvalue weighted by Crippen LogP contribution is 2.36. The minimum Gasteiger partial charge on any atom is -0.490 e. The van der Waals surface area contributed by atoms with Crippen LogP contribution in [0.15, 0.2) is 79.0 Å². The Labute approximate surface area is 331 Å². The Hall–Kier alpha value is -5.60. The Morgan fingerprint density at radius 1 is 0.947 bits per heavy atom. The number of hydrogen-bond donors (Lipinski definition) is 5. The number of benzene rings is 3. The molecule has 3 amide bonds. The lowest BCUT2D eigenvalue weighted by atomic mass is 9.85. The number of pyridine rings is 1. The molecule has 14 heteroatoms. The zero-order valence-electron chi connectivity index (χ0n) is 32.8. The Bertz CT molecular complexity index is 2020. The molecule has 1 aromatic heterocycles. The van der Waals surface area contributed by atoms with Crippen molar-refractivity contribution in [3.63, 3.8) is 0 Å². The van der Waals surface area contributed by atoms with Crippen LogP contribution in [-0.2, 0) is 27.2 Å². The van der Waals surface area contributed by atoms with Crippen LogP contribution in [0, 0.1) is 29.9 Å². The molecule has 0 saturated heterocycles. The minimum atomic E-state index is -1.40. The predicted octanol–water partition coefficient (Wildman–Crippen LogP) is 5.36. The number of fused-ring (bicyclic) bond motifs is 1. The molecule has 4 aromatic rings. The molecule has 6 atom stereocenters. The SMILES string of the molecule is COC(=O)NC(C(=O)NC(Cc1ccc(-c2ccc(OC)nc2)cc1)C(O)CC(Cc1ccccc1F)C(=O)NC1c2cc(F)cc(C)c2OCC1O)C(C)(C)C. The molecular formula is C43H50F2N4O8. The van der Waals surface area contributed by atoms with Gasteiger partial charge in [-0.2, -0.15) is 0 Å². The van der Waals surface area contributed by atoms with Gasteiger partial charge in [0.05, 0.1) is 32.4 Å². The maximum Gasteiger partial charge on any atom is 0.407 e. The van der Waals surface area contributed by atoms with Crippen LogP contribution in [0.25, 0.3) is 11.1 Å². The van der Waals surface area contributed by atoms with Crippen molar-refractivity contribution >= 4 is 17.9 Å². The van der Waals surface area contributed by atoms with E-state index in [0.29, 0.717) is 17.2 Å². The van der Waals surface area contributed by atoms with E-state index in [1.165, 1.54) is 44.6 Å². The molecule has 0 radical (unpaired) electrons. The smallest absolute Gasteiger partial charge is 0.407 e. The van der Waals surface area contributed by atoms with Gasteiger partial charge >= 0.3 is 6.09 Å². The summed E-state index contributed by atoms with van der Waals surface area (Å²) in [4.78, 5) is 44.8. The van der Waals surface area contributed by atoms with Crippen molar-refractivity contribution in [3.05, 3.63) is 113 Å². The first kappa shape index (κ1) is 42.5. The van der Waals surface area contributed by atoms with Crippen molar-refractivity contribution in [3.8, 4) is 22.8 Å². The van der Waals surface area contributed by atoms with Gasteiger partial charge in [-0.05, 0) is 78.1 Å². The summed E-state index contributed by atoms with van der Waals surface area (Å²) >= 11 is 0. The van der Waals surface area contributed by atoms with Gasteiger partial charge in [-0.1, -0.05) is 63.2 Å². The van der Waals surface area contributed by atoms with Gasteiger partial charge in [0.1, 0.15) is 36.1 Å². The average molecular weight is 789 g/mol. The quantitative estimate of drug-likeness (QED) is 0.113. The number of carbonyl (C=O) groups is 3. The number of nitrogens with zero attached hydrogens (tertiary/aromatic N) is 1. The molecule has 57 heavy (non-hydrogen) atoms. The normalized spacial score (nSPS) is 17.2. The second kappa shape index (κ2) is 18.6. The maximum atomic E-state index is 15.1. The van der Waals surface area contributed by atoms with Gasteiger partial charge in [0.25, 0.3) is 0 Å². The van der Waals surface area contributed by atoms with Crippen molar-refractivity contribution in [1.29, 1.82) is 0 Å². The Morgan fingerprint density at radius 3 is 2.28 bits per heavy atom. The van der Waals surface area contributed by atoms with Crippen molar-refractivity contribution in [1.82, 2.24) is 20.9 Å². The number of rotatable bonds is 14. The van der Waals surface area contributed by atoms with E-state index >= 15 is 4.39 Å². The molecule has 6 unspecified atom stereocenters. The number of amides is 3. The summed E-state index contributed by atoms with van der Waals surface area (Å²) in [5, 5.41) is 31.3. The number of carbonyl (C=O) groups excluding carboxylic acids is 3. The number of alkyl carbamates (subject to hydrolysis) is 1. The highest BCUT2D eigenvalue weighted by molar-refractivity contribution is 5.86. The molecule has 0 aliphatic carbocycles. The first-order chi connectivity index (χ1) is 27.1. The molecule has 3 aromatic carbocycles. The highest BCUT2D eigenvalue weighted by Gasteiger charge is 2.38. The Balaban J connectivity index is 1.46. The van der Waals surface area contributed by atoms with E-state index in [2.05, 4.69) is 20.9 Å². The first-order valence-corrected chi connectivity index (χ1v) is 18.6. The summed E-state index contributed by atoms with van der Waals surface area (Å²) in [6.45, 7) is 6.77. The highest BCUT2D eigenvalue weighted by atomic mass is 19.1. The minimum absolute atomic E-state index is 0.0990. The Kier molecular flexibility index (Phi) is 13.9. The fraction of sp³-hybridized carbons (Fsp3) is 0.395. The van der Waals surface area contributed by atoms with E-state index in [-0.39, 0.29) is 37.0 Å². The van der Waals surface area contributed by atoms with Gasteiger partial charge in [0, 0.05) is 29.3 Å². The zero-order chi connectivity index (χ0) is 41.4. The fourth-order valence-corrected chi connectivity index (χ4v) is 6.93. The summed E-state index contributed by atoms with van der Waals surface area (Å²) in [5.74, 6) is -2.67. The summed E-state index contributed by atoms with van der Waals surface area (Å²) in [6.07, 6.45) is -2.09. The van der Waals surface area contributed by atoms with Crippen LogP contribution < -0.4 is 25.4 Å². The van der Waals surface area contributed by atoms with Crippen LogP contribution in [0.2, 0.25) is 0 Å². The number of aromatic nitrogens is 1. The van der Waals surface area contributed by atoms with Gasteiger partial charge in [0.15, 0.2) is 0 Å². The fourth-order valence-electron chi connectivity index (χ4n) is 6.93. The van der Waals surface area contributed by atoms with E-state index in [9.17, 15) is 29.0 Å². The van der Waals surface area contributed by atoms with Gasteiger partial charge in [-0.25, -0.2) is 18.6 Å². The number of ether oxygens (including phenoxy) is 3. The third-order valence-corrected chi connectivity index (χ3v) is 10.1. The molecule has 12 nitrogen and oxygen atoms in total. The predicted molar refractivity (Wildman–Crippen MR) is 208 cm³/mol. The molecule has 0 saturated carbocycles. The summed E-state index contributed by atoms with van der Waals surface area (Å²) < 4.78 is 45.3. The molecule has 0 fully saturated rings. The van der Waals surface area contributed by atoms with E-state index in [0.717, 1.165) is 16.7 Å². The van der Waals surface area contributed by atoms with Crippen LogP contribution in [0.3, 0.4) is 0 Å². The first-order valence-electron chi connectivity index (χ1n) is 18.6. The van der Waals surface area contributed by atoms with Crippen LogP contribution in [0.4, 0.5) is 13.6 Å². The zero-order valence-corrected chi connectivity index (χ0v) is 32.8. The number of aliphatic hydroxyl groups is 2. The van der Waals surface area contributed by atoms with Gasteiger partial charge in [-0.3, -0.25) is 9.59 Å². The van der Waals surface area contributed by atoms with Crippen molar-refractivity contribution < 1.29 is 47.6 Å². The Morgan fingerprint density at radius 2 is 1.65 bits per heavy atom. The number of aryl methyl sites for hydroxylation is 1. The summed E-state index contributed by atoms with van der Waals surface area (Å²) in [6, 6.07) is 16.3. The number of methoxy groups -OCH3 is 2. The van der Waals surface area contributed by atoms with E-state index in [1.54, 1.807) is 46.0 Å². The van der Waals surface area contributed by atoms with Crippen molar-refractivity contribution in [2.75, 3.05) is 20.8 Å². The molecule has 1 aliphatic heterocycles. The number of hydrogen-bond acceptors (Lipinski definition) is 9. The van der Waals surface area contributed by atoms with Gasteiger partial charge < -0.3 is 40.4 Å². The van der Waals surface area contributed by atoms with E-state index in [1.807, 2.05) is 30.3 Å². The molecular weight excluding hydrogens is 738 g/mol. The molecule has 0 spiro atoms. The number of nitrogens with one attached hydrogen (secondary N) is 3. The van der Waals surface area contributed by atoms with Crippen molar-refractivity contribution in [2.24, 2.45) is 11.3 Å². The van der Waals surface area contributed by atoms with Gasteiger partial charge in [-0.15, -0.1) is 0 Å².